The molecule has 1 amide bonds. The summed E-state index contributed by atoms with van der Waals surface area (Å²) in [6, 6.07) is 14.3. The first-order chi connectivity index (χ1) is 15.0. The number of unbranched alkanes of at least 4 members (excludes halogenated alkanes) is 2. The van der Waals surface area contributed by atoms with Crippen LogP contribution in [0.4, 0.5) is 0 Å². The molecule has 31 heavy (non-hydrogen) atoms. The van der Waals surface area contributed by atoms with Gasteiger partial charge in [-0.1, -0.05) is 30.7 Å². The van der Waals surface area contributed by atoms with Crippen LogP contribution in [0, 0.1) is 0 Å². The van der Waals surface area contributed by atoms with E-state index in [9.17, 15) is 13.2 Å². The third-order valence-corrected chi connectivity index (χ3v) is 6.49. The molecule has 0 saturated heterocycles. The van der Waals surface area contributed by atoms with Gasteiger partial charge in [-0.3, -0.25) is 14.5 Å². The van der Waals surface area contributed by atoms with Gasteiger partial charge in [0.25, 0.3) is 10.0 Å². The maximum absolute atomic E-state index is 12.1. The van der Waals surface area contributed by atoms with Crippen molar-refractivity contribution < 1.29 is 22.7 Å². The molecular formula is C22H25N3O5S. The van der Waals surface area contributed by atoms with Gasteiger partial charge in [0.1, 0.15) is 18.5 Å². The van der Waals surface area contributed by atoms with Crippen LogP contribution in [0.3, 0.4) is 0 Å². The van der Waals surface area contributed by atoms with Crippen LogP contribution in [0.15, 0.2) is 58.4 Å². The summed E-state index contributed by atoms with van der Waals surface area (Å²) < 4.78 is 38.1. The highest BCUT2D eigenvalue weighted by Gasteiger charge is 2.29. The SMILES string of the molecule is O=C(CCCCCN=C1NS(=O)(=O)c2ccccc21)NCC1COc2ccccc2O1. The summed E-state index contributed by atoms with van der Waals surface area (Å²) in [5, 5.41) is 2.89. The number of fused-ring (bicyclic) bond motifs is 2. The maximum Gasteiger partial charge on any atom is 0.263 e. The minimum absolute atomic E-state index is 0.0220. The maximum atomic E-state index is 12.1. The molecule has 0 aliphatic carbocycles. The number of nitrogens with zero attached hydrogens (tertiary/aromatic N) is 1. The molecule has 164 valence electrons. The molecule has 1 unspecified atom stereocenters. The van der Waals surface area contributed by atoms with Crippen molar-refractivity contribution in [1.29, 1.82) is 0 Å². The molecule has 2 heterocycles. The lowest BCUT2D eigenvalue weighted by atomic mass is 10.2. The number of hydrogen-bond acceptors (Lipinski definition) is 6. The smallest absolute Gasteiger partial charge is 0.263 e. The lowest BCUT2D eigenvalue weighted by Crippen LogP contribution is -2.40. The molecule has 2 aromatic rings. The van der Waals surface area contributed by atoms with Gasteiger partial charge in [-0.2, -0.15) is 0 Å². The van der Waals surface area contributed by atoms with E-state index < -0.39 is 10.0 Å². The fraction of sp³-hybridized carbons (Fsp3) is 0.364. The number of carbonyl (C=O) groups excluding carboxylic acids is 1. The van der Waals surface area contributed by atoms with Crippen LogP contribution in [-0.4, -0.2) is 46.0 Å². The Balaban J connectivity index is 1.13. The number of hydrogen-bond donors (Lipinski definition) is 2. The first-order valence-corrected chi connectivity index (χ1v) is 11.8. The van der Waals surface area contributed by atoms with Gasteiger partial charge in [-0.25, -0.2) is 8.42 Å². The van der Waals surface area contributed by atoms with Crippen LogP contribution in [-0.2, 0) is 14.8 Å². The monoisotopic (exact) mass is 443 g/mol. The molecule has 0 spiro atoms. The second-order valence-electron chi connectivity index (χ2n) is 7.44. The Morgan fingerprint density at radius 1 is 1.06 bits per heavy atom. The van der Waals surface area contributed by atoms with E-state index in [0.29, 0.717) is 43.3 Å². The number of aliphatic imine (C=N–C) groups is 1. The number of amidine groups is 1. The van der Waals surface area contributed by atoms with E-state index in [0.717, 1.165) is 25.0 Å². The first kappa shape index (κ1) is 21.2. The Morgan fingerprint density at radius 3 is 2.71 bits per heavy atom. The number of benzene rings is 2. The van der Waals surface area contributed by atoms with Crippen molar-refractivity contribution in [2.45, 2.75) is 36.7 Å². The molecule has 0 saturated carbocycles. The van der Waals surface area contributed by atoms with Crippen molar-refractivity contribution >= 4 is 21.8 Å². The molecule has 2 aliphatic rings. The van der Waals surface area contributed by atoms with Crippen molar-refractivity contribution in [3.05, 3.63) is 54.1 Å². The Kier molecular flexibility index (Phi) is 6.41. The summed E-state index contributed by atoms with van der Waals surface area (Å²) in [5.74, 6) is 1.79. The minimum Gasteiger partial charge on any atom is -0.486 e. The van der Waals surface area contributed by atoms with Gasteiger partial charge in [0.05, 0.1) is 11.4 Å². The topological polar surface area (TPSA) is 106 Å². The molecule has 2 N–H and O–H groups in total. The molecule has 0 fully saturated rings. The molecule has 8 nitrogen and oxygen atoms in total. The van der Waals surface area contributed by atoms with Gasteiger partial charge >= 0.3 is 0 Å². The molecule has 0 radical (unpaired) electrons. The highest BCUT2D eigenvalue weighted by molar-refractivity contribution is 7.90. The Bertz CT molecular complexity index is 1080. The lowest BCUT2D eigenvalue weighted by Gasteiger charge is -2.26. The van der Waals surface area contributed by atoms with Crippen LogP contribution >= 0.6 is 0 Å². The summed E-state index contributed by atoms with van der Waals surface area (Å²) in [7, 11) is -3.50. The fourth-order valence-electron chi connectivity index (χ4n) is 3.50. The van der Waals surface area contributed by atoms with Gasteiger partial charge in [0, 0.05) is 18.5 Å². The normalized spacial score (nSPS) is 19.5. The zero-order valence-corrected chi connectivity index (χ0v) is 17.9. The molecule has 1 atom stereocenters. The summed E-state index contributed by atoms with van der Waals surface area (Å²) in [4.78, 5) is 16.7. The van der Waals surface area contributed by atoms with E-state index in [4.69, 9.17) is 9.47 Å². The average molecular weight is 444 g/mol. The lowest BCUT2D eigenvalue weighted by molar-refractivity contribution is -0.121. The Hall–Kier alpha value is -3.07. The molecule has 0 aromatic heterocycles. The quantitative estimate of drug-likeness (QED) is 0.609. The number of sulfonamides is 1. The van der Waals surface area contributed by atoms with Crippen LogP contribution in [0.1, 0.15) is 31.2 Å². The highest BCUT2D eigenvalue weighted by Crippen LogP contribution is 2.30. The van der Waals surface area contributed by atoms with Crippen molar-refractivity contribution in [3.63, 3.8) is 0 Å². The number of nitrogens with one attached hydrogen (secondary N) is 2. The molecule has 9 heteroatoms. The van der Waals surface area contributed by atoms with E-state index in [1.807, 2.05) is 24.3 Å². The molecule has 2 aromatic carbocycles. The third kappa shape index (κ3) is 5.16. The van der Waals surface area contributed by atoms with Gasteiger partial charge in [0.15, 0.2) is 11.5 Å². The fourth-order valence-corrected chi connectivity index (χ4v) is 4.75. The Labute approximate surface area is 181 Å². The highest BCUT2D eigenvalue weighted by atomic mass is 32.2. The van der Waals surface area contributed by atoms with Gasteiger partial charge < -0.3 is 14.8 Å². The third-order valence-electron chi connectivity index (χ3n) is 5.09. The van der Waals surface area contributed by atoms with Crippen LogP contribution in [0.5, 0.6) is 11.5 Å². The molecule has 0 bridgehead atoms. The van der Waals surface area contributed by atoms with Crippen molar-refractivity contribution in [2.75, 3.05) is 19.7 Å². The summed E-state index contributed by atoms with van der Waals surface area (Å²) >= 11 is 0. The van der Waals surface area contributed by atoms with Crippen LogP contribution in [0.25, 0.3) is 0 Å². The largest absolute Gasteiger partial charge is 0.486 e. The summed E-state index contributed by atoms with van der Waals surface area (Å²) in [6.07, 6.45) is 2.57. The number of carbonyl (C=O) groups is 1. The van der Waals surface area contributed by atoms with Crippen molar-refractivity contribution in [2.24, 2.45) is 4.99 Å². The number of rotatable bonds is 8. The van der Waals surface area contributed by atoms with Gasteiger partial charge in [-0.05, 0) is 37.1 Å². The molecule has 2 aliphatic heterocycles. The summed E-state index contributed by atoms with van der Waals surface area (Å²) in [5.41, 5.74) is 0.610. The van der Waals surface area contributed by atoms with Crippen molar-refractivity contribution in [1.82, 2.24) is 10.0 Å². The Morgan fingerprint density at radius 2 is 1.84 bits per heavy atom. The van der Waals surface area contributed by atoms with E-state index in [1.165, 1.54) is 0 Å². The molecule has 4 rings (SSSR count). The average Bonchev–Trinajstić information content (AvgIpc) is 3.05. The van der Waals surface area contributed by atoms with Crippen LogP contribution < -0.4 is 19.5 Å². The van der Waals surface area contributed by atoms with Gasteiger partial charge in [0.2, 0.25) is 5.91 Å². The molecular weight excluding hydrogens is 418 g/mol. The van der Waals surface area contributed by atoms with Gasteiger partial charge in [-0.15, -0.1) is 0 Å². The minimum atomic E-state index is -3.50. The van der Waals surface area contributed by atoms with E-state index in [2.05, 4.69) is 15.0 Å². The van der Waals surface area contributed by atoms with Crippen LogP contribution in [0.2, 0.25) is 0 Å². The second-order valence-corrected chi connectivity index (χ2v) is 9.10. The zero-order valence-electron chi connectivity index (χ0n) is 17.0. The number of para-hydroxylation sites is 2. The van der Waals surface area contributed by atoms with Crippen molar-refractivity contribution in [3.8, 4) is 11.5 Å². The van der Waals surface area contributed by atoms with E-state index in [1.54, 1.807) is 24.3 Å². The predicted octanol–water partition coefficient (Wildman–Crippen LogP) is 2.24. The summed E-state index contributed by atoms with van der Waals surface area (Å²) in [6.45, 7) is 1.31. The zero-order chi connectivity index (χ0) is 21.7. The number of amides is 1. The second kappa shape index (κ2) is 9.38. The predicted molar refractivity (Wildman–Crippen MR) is 116 cm³/mol. The number of ether oxygens (including phenoxy) is 2. The van der Waals surface area contributed by atoms with E-state index >= 15 is 0 Å². The standard InChI is InChI=1S/C22H25N3O5S/c26-21(24-14-16-15-29-18-9-4-5-10-19(18)30-16)12-2-1-7-13-23-22-17-8-3-6-11-20(17)31(27,28)25-22/h3-6,8-11,16H,1-2,7,12-15H2,(H,23,25)(H,24,26). The van der Waals surface area contributed by atoms with E-state index in [-0.39, 0.29) is 16.9 Å². The first-order valence-electron chi connectivity index (χ1n) is 10.3.